The van der Waals surface area contributed by atoms with Gasteiger partial charge >= 0.3 is 0 Å². The maximum Gasteiger partial charge on any atom is 0.113 e. The fraction of sp³-hybridized carbons (Fsp3) is 0.167. The molecule has 1 atom stereocenters. The molecule has 1 aliphatic carbocycles. The summed E-state index contributed by atoms with van der Waals surface area (Å²) in [4.78, 5) is 4.79. The van der Waals surface area contributed by atoms with Crippen molar-refractivity contribution in [2.75, 3.05) is 0 Å². The Kier molecular flexibility index (Phi) is 3.65. The molecule has 1 aromatic rings. The molecule has 1 unspecified atom stereocenters. The summed E-state index contributed by atoms with van der Waals surface area (Å²) in [5.41, 5.74) is 11.9. The van der Waals surface area contributed by atoms with Crippen molar-refractivity contribution in [3.8, 4) is 0 Å². The molecular formula is C18H17BN2. The highest BCUT2D eigenvalue weighted by Crippen LogP contribution is 2.30. The van der Waals surface area contributed by atoms with Crippen molar-refractivity contribution in [3.63, 3.8) is 0 Å². The molecule has 3 rings (SSSR count). The number of nitrogens with zero attached hydrogens (tertiary/aromatic N) is 1. The largest absolute Gasteiger partial charge is 0.397 e. The Bertz CT molecular complexity index is 703. The fourth-order valence-corrected chi connectivity index (χ4v) is 2.66. The molecule has 2 aliphatic rings. The zero-order valence-corrected chi connectivity index (χ0v) is 12.1. The monoisotopic (exact) mass is 272 g/mol. The summed E-state index contributed by atoms with van der Waals surface area (Å²) >= 11 is 0. The van der Waals surface area contributed by atoms with E-state index in [4.69, 9.17) is 18.6 Å². The van der Waals surface area contributed by atoms with Crippen molar-refractivity contribution < 1.29 is 0 Å². The van der Waals surface area contributed by atoms with Gasteiger partial charge in [0.15, 0.2) is 0 Å². The highest BCUT2D eigenvalue weighted by Gasteiger charge is 2.24. The van der Waals surface area contributed by atoms with Gasteiger partial charge in [-0.1, -0.05) is 60.1 Å². The zero-order chi connectivity index (χ0) is 14.8. The third-order valence-corrected chi connectivity index (χ3v) is 3.80. The third kappa shape index (κ3) is 2.64. The van der Waals surface area contributed by atoms with Crippen LogP contribution in [0.4, 0.5) is 0 Å². The first-order valence-corrected chi connectivity index (χ1v) is 7.14. The molecule has 0 aromatic heterocycles. The summed E-state index contributed by atoms with van der Waals surface area (Å²) < 4.78 is 0. The van der Waals surface area contributed by atoms with E-state index < -0.39 is 0 Å². The van der Waals surface area contributed by atoms with Gasteiger partial charge in [0.2, 0.25) is 0 Å². The first kappa shape index (κ1) is 13.7. The third-order valence-electron chi connectivity index (χ3n) is 3.80. The molecule has 1 heterocycles. The molecule has 2 nitrogen and oxygen atoms in total. The lowest BCUT2D eigenvalue weighted by atomic mass is 9.86. The van der Waals surface area contributed by atoms with Crippen molar-refractivity contribution in [1.29, 1.82) is 0 Å². The van der Waals surface area contributed by atoms with Crippen molar-refractivity contribution in [1.82, 2.24) is 0 Å². The van der Waals surface area contributed by atoms with Crippen molar-refractivity contribution >= 4 is 24.7 Å². The van der Waals surface area contributed by atoms with E-state index in [1.807, 2.05) is 43.3 Å². The molecule has 3 heteroatoms. The summed E-state index contributed by atoms with van der Waals surface area (Å²) in [7, 11) is 5.74. The zero-order valence-electron chi connectivity index (χ0n) is 12.1. The Hall–Kier alpha value is -2.29. The van der Waals surface area contributed by atoms with Crippen LogP contribution in [0.5, 0.6) is 0 Å². The highest BCUT2D eigenvalue weighted by molar-refractivity contribution is 6.32. The molecule has 2 N–H and O–H groups in total. The molecule has 102 valence electrons. The minimum Gasteiger partial charge on any atom is -0.397 e. The van der Waals surface area contributed by atoms with Crippen LogP contribution in [-0.4, -0.2) is 13.6 Å². The van der Waals surface area contributed by atoms with Crippen LogP contribution in [0.25, 0.3) is 5.70 Å². The topological polar surface area (TPSA) is 38.4 Å². The lowest BCUT2D eigenvalue weighted by Crippen LogP contribution is -2.26. The number of rotatable bonds is 2. The van der Waals surface area contributed by atoms with Crippen LogP contribution in [0.1, 0.15) is 18.9 Å². The SMILES string of the molecule is [B]c1ccc(C2=CCC3C=CC(/C=C\C)=C(N)C3=N2)cc1. The Balaban J connectivity index is 1.99. The van der Waals surface area contributed by atoms with E-state index in [1.54, 1.807) is 0 Å². The van der Waals surface area contributed by atoms with Crippen LogP contribution in [-0.2, 0) is 0 Å². The Morgan fingerprint density at radius 2 is 2.05 bits per heavy atom. The van der Waals surface area contributed by atoms with E-state index in [0.717, 1.165) is 40.1 Å². The number of fused-ring (bicyclic) bond motifs is 1. The van der Waals surface area contributed by atoms with Crippen molar-refractivity contribution in [2.45, 2.75) is 13.3 Å². The Morgan fingerprint density at radius 3 is 2.76 bits per heavy atom. The molecule has 0 amide bonds. The molecule has 0 fully saturated rings. The van der Waals surface area contributed by atoms with Crippen LogP contribution in [0.2, 0.25) is 0 Å². The molecule has 1 aromatic carbocycles. The lowest BCUT2D eigenvalue weighted by molar-refractivity contribution is 0.853. The van der Waals surface area contributed by atoms with Crippen LogP contribution in [0.15, 0.2) is 70.9 Å². The molecule has 0 saturated heterocycles. The second-order valence-corrected chi connectivity index (χ2v) is 5.28. The van der Waals surface area contributed by atoms with Crippen LogP contribution < -0.4 is 11.2 Å². The molecule has 1 aliphatic heterocycles. The summed E-state index contributed by atoms with van der Waals surface area (Å²) in [5, 5.41) is 0. The Labute approximate surface area is 126 Å². The van der Waals surface area contributed by atoms with Crippen LogP contribution >= 0.6 is 0 Å². The van der Waals surface area contributed by atoms with E-state index >= 15 is 0 Å². The first-order valence-electron chi connectivity index (χ1n) is 7.14. The van der Waals surface area contributed by atoms with Gasteiger partial charge in [-0.2, -0.15) is 0 Å². The van der Waals surface area contributed by atoms with Crippen LogP contribution in [0.3, 0.4) is 0 Å². The number of allylic oxidation sites excluding steroid dienone is 7. The van der Waals surface area contributed by atoms with Gasteiger partial charge in [0.25, 0.3) is 0 Å². The molecular weight excluding hydrogens is 255 g/mol. The van der Waals surface area contributed by atoms with E-state index in [0.29, 0.717) is 0 Å². The number of nitrogens with two attached hydrogens (primary N) is 1. The molecule has 0 saturated carbocycles. The number of aliphatic imine (C=N–C) groups is 1. The fourth-order valence-electron chi connectivity index (χ4n) is 2.66. The lowest BCUT2D eigenvalue weighted by Gasteiger charge is -2.24. The maximum absolute atomic E-state index is 6.28. The van der Waals surface area contributed by atoms with E-state index in [-0.39, 0.29) is 5.92 Å². The molecule has 0 spiro atoms. The van der Waals surface area contributed by atoms with Gasteiger partial charge in [-0.15, -0.1) is 0 Å². The van der Waals surface area contributed by atoms with Gasteiger partial charge in [-0.05, 0) is 24.5 Å². The Morgan fingerprint density at radius 1 is 1.29 bits per heavy atom. The van der Waals surface area contributed by atoms with Crippen LogP contribution in [0, 0.1) is 5.92 Å². The highest BCUT2D eigenvalue weighted by atomic mass is 14.8. The minimum absolute atomic E-state index is 0.288. The van der Waals surface area contributed by atoms with E-state index in [9.17, 15) is 0 Å². The molecule has 21 heavy (non-hydrogen) atoms. The number of benzene rings is 1. The number of hydrogen-bond donors (Lipinski definition) is 1. The average Bonchev–Trinajstić information content (AvgIpc) is 2.51. The minimum atomic E-state index is 0.288. The quantitative estimate of drug-likeness (QED) is 0.826. The van der Waals surface area contributed by atoms with Gasteiger partial charge in [-0.3, -0.25) is 4.99 Å². The first-order chi connectivity index (χ1) is 10.2. The van der Waals surface area contributed by atoms with E-state index in [2.05, 4.69) is 18.2 Å². The normalized spacial score (nSPS) is 21.3. The van der Waals surface area contributed by atoms with Gasteiger partial charge in [0, 0.05) is 5.92 Å². The maximum atomic E-state index is 6.28. The molecule has 2 radical (unpaired) electrons. The molecule has 0 bridgehead atoms. The smallest absolute Gasteiger partial charge is 0.113 e. The summed E-state index contributed by atoms with van der Waals surface area (Å²) in [6.07, 6.45) is 11.4. The van der Waals surface area contributed by atoms with Gasteiger partial charge in [-0.25, -0.2) is 0 Å². The van der Waals surface area contributed by atoms with Crippen molar-refractivity contribution in [3.05, 3.63) is 71.5 Å². The van der Waals surface area contributed by atoms with Gasteiger partial charge in [0.1, 0.15) is 7.85 Å². The second kappa shape index (κ2) is 5.61. The summed E-state index contributed by atoms with van der Waals surface area (Å²) in [5.74, 6) is 0.288. The predicted octanol–water partition coefficient (Wildman–Crippen LogP) is 2.64. The summed E-state index contributed by atoms with van der Waals surface area (Å²) in [6, 6.07) is 7.79. The van der Waals surface area contributed by atoms with E-state index in [1.165, 1.54) is 0 Å². The van der Waals surface area contributed by atoms with Crippen molar-refractivity contribution in [2.24, 2.45) is 16.6 Å². The number of hydrogen-bond acceptors (Lipinski definition) is 2. The average molecular weight is 272 g/mol. The predicted molar refractivity (Wildman–Crippen MR) is 90.5 cm³/mol. The standard InChI is InChI=1S/C18H17BN2/c1-2-3-13-4-5-14-8-11-16(21-18(14)17(13)20)12-6-9-15(19)10-7-12/h2-7,9-11,14H,8,20H2,1H3/b3-2-. The van der Waals surface area contributed by atoms with Gasteiger partial charge < -0.3 is 5.73 Å². The van der Waals surface area contributed by atoms with Gasteiger partial charge in [0.05, 0.1) is 17.1 Å². The summed E-state index contributed by atoms with van der Waals surface area (Å²) in [6.45, 7) is 1.99. The second-order valence-electron chi connectivity index (χ2n) is 5.28.